The zero-order chi connectivity index (χ0) is 15.4. The molecule has 1 unspecified atom stereocenters. The van der Waals surface area contributed by atoms with E-state index in [1.54, 1.807) is 12.4 Å². The molecule has 0 saturated carbocycles. The number of carbonyl (C=O) groups excluding carboxylic acids is 1. The maximum atomic E-state index is 12.0. The molecule has 2 aromatic rings. The number of aromatic nitrogens is 3. The van der Waals surface area contributed by atoms with Gasteiger partial charge in [-0.3, -0.25) is 4.79 Å². The zero-order valence-electron chi connectivity index (χ0n) is 12.8. The van der Waals surface area contributed by atoms with Crippen LogP contribution in [0.2, 0.25) is 0 Å². The second kappa shape index (κ2) is 6.67. The van der Waals surface area contributed by atoms with E-state index in [0.717, 1.165) is 17.5 Å². The van der Waals surface area contributed by atoms with Crippen molar-refractivity contribution in [2.45, 2.75) is 39.7 Å². The van der Waals surface area contributed by atoms with Crippen LogP contribution < -0.4 is 11.1 Å². The van der Waals surface area contributed by atoms with Gasteiger partial charge in [-0.05, 0) is 32.4 Å². The summed E-state index contributed by atoms with van der Waals surface area (Å²) in [7, 11) is 0. The molecule has 3 N–H and O–H groups in total. The normalized spacial score (nSPS) is 12.8. The molecule has 2 heterocycles. The van der Waals surface area contributed by atoms with Crippen molar-refractivity contribution in [2.75, 3.05) is 11.9 Å². The standard InChI is InChI=1S/C15H23N5O/c1-4-11(7-16)5-14(21)19-13-6-12-8-18-20(10(2)3)15(12)17-9-13/h6,8-11H,4-5,7,16H2,1-3H3,(H,19,21). The average molecular weight is 289 g/mol. The highest BCUT2D eigenvalue weighted by Crippen LogP contribution is 2.19. The minimum absolute atomic E-state index is 0.0234. The number of nitrogens with two attached hydrogens (primary N) is 1. The van der Waals surface area contributed by atoms with Crippen LogP contribution in [0.1, 0.15) is 39.7 Å². The largest absolute Gasteiger partial charge is 0.330 e. The number of fused-ring (bicyclic) bond motifs is 1. The minimum Gasteiger partial charge on any atom is -0.330 e. The van der Waals surface area contributed by atoms with E-state index in [2.05, 4.69) is 29.2 Å². The monoisotopic (exact) mass is 289 g/mol. The summed E-state index contributed by atoms with van der Waals surface area (Å²) in [6, 6.07) is 2.15. The van der Waals surface area contributed by atoms with Gasteiger partial charge in [0.15, 0.2) is 5.65 Å². The maximum Gasteiger partial charge on any atom is 0.224 e. The van der Waals surface area contributed by atoms with Gasteiger partial charge in [0, 0.05) is 17.8 Å². The second-order valence-corrected chi connectivity index (χ2v) is 5.58. The van der Waals surface area contributed by atoms with Crippen LogP contribution in [0.25, 0.3) is 11.0 Å². The van der Waals surface area contributed by atoms with Crippen LogP contribution in [0.4, 0.5) is 5.69 Å². The number of nitrogens with one attached hydrogen (secondary N) is 1. The first-order valence-electron chi connectivity index (χ1n) is 7.38. The third-order valence-electron chi connectivity index (χ3n) is 3.59. The Labute approximate surface area is 124 Å². The fraction of sp³-hybridized carbons (Fsp3) is 0.533. The fourth-order valence-electron chi connectivity index (χ4n) is 2.25. The lowest BCUT2D eigenvalue weighted by atomic mass is 10.0. The van der Waals surface area contributed by atoms with Crippen LogP contribution in [0, 0.1) is 5.92 Å². The van der Waals surface area contributed by atoms with Gasteiger partial charge in [-0.2, -0.15) is 5.10 Å². The summed E-state index contributed by atoms with van der Waals surface area (Å²) >= 11 is 0. The number of anilines is 1. The van der Waals surface area contributed by atoms with Crippen molar-refractivity contribution in [3.63, 3.8) is 0 Å². The van der Waals surface area contributed by atoms with Crippen molar-refractivity contribution in [3.8, 4) is 0 Å². The highest BCUT2D eigenvalue weighted by molar-refractivity contribution is 5.92. The summed E-state index contributed by atoms with van der Waals surface area (Å²) in [6.07, 6.45) is 4.79. The van der Waals surface area contributed by atoms with Crippen LogP contribution in [-0.2, 0) is 4.79 Å². The lowest BCUT2D eigenvalue weighted by Crippen LogP contribution is -2.21. The van der Waals surface area contributed by atoms with Crippen LogP contribution in [0.15, 0.2) is 18.5 Å². The first-order chi connectivity index (χ1) is 10.0. The molecule has 6 heteroatoms. The number of carbonyl (C=O) groups is 1. The van der Waals surface area contributed by atoms with Gasteiger partial charge < -0.3 is 11.1 Å². The predicted molar refractivity (Wildman–Crippen MR) is 84.0 cm³/mol. The molecule has 0 aromatic carbocycles. The topological polar surface area (TPSA) is 85.8 Å². The van der Waals surface area contributed by atoms with Gasteiger partial charge in [0.1, 0.15) is 0 Å². The first-order valence-corrected chi connectivity index (χ1v) is 7.38. The molecule has 0 bridgehead atoms. The summed E-state index contributed by atoms with van der Waals surface area (Å²) in [4.78, 5) is 16.4. The molecule has 6 nitrogen and oxygen atoms in total. The van der Waals surface area contributed by atoms with Crippen LogP contribution in [0.5, 0.6) is 0 Å². The summed E-state index contributed by atoms with van der Waals surface area (Å²) in [5.74, 6) is 0.204. The van der Waals surface area contributed by atoms with Crippen molar-refractivity contribution in [2.24, 2.45) is 11.7 Å². The number of rotatable bonds is 6. The van der Waals surface area contributed by atoms with E-state index < -0.39 is 0 Å². The molecule has 1 amide bonds. The Morgan fingerprint density at radius 3 is 2.81 bits per heavy atom. The van der Waals surface area contributed by atoms with E-state index in [-0.39, 0.29) is 17.9 Å². The third-order valence-corrected chi connectivity index (χ3v) is 3.59. The van der Waals surface area contributed by atoms with Gasteiger partial charge >= 0.3 is 0 Å². The van der Waals surface area contributed by atoms with E-state index in [0.29, 0.717) is 18.7 Å². The molecule has 21 heavy (non-hydrogen) atoms. The maximum absolute atomic E-state index is 12.0. The molecule has 0 radical (unpaired) electrons. The zero-order valence-corrected chi connectivity index (χ0v) is 12.8. The molecule has 0 saturated heterocycles. The van der Waals surface area contributed by atoms with Gasteiger partial charge in [-0.15, -0.1) is 0 Å². The molecule has 2 aromatic heterocycles. The molecule has 0 aliphatic carbocycles. The van der Waals surface area contributed by atoms with Gasteiger partial charge in [-0.25, -0.2) is 9.67 Å². The number of amides is 1. The van der Waals surface area contributed by atoms with E-state index >= 15 is 0 Å². The van der Waals surface area contributed by atoms with Crippen molar-refractivity contribution in [3.05, 3.63) is 18.5 Å². The molecule has 0 fully saturated rings. The Balaban J connectivity index is 2.11. The SMILES string of the molecule is CCC(CN)CC(=O)Nc1cnc2c(cnn2C(C)C)c1. The van der Waals surface area contributed by atoms with E-state index in [1.165, 1.54) is 0 Å². The van der Waals surface area contributed by atoms with E-state index in [9.17, 15) is 4.79 Å². The molecule has 114 valence electrons. The Kier molecular flexibility index (Phi) is 4.90. The Morgan fingerprint density at radius 2 is 2.19 bits per heavy atom. The molecular formula is C15H23N5O. The van der Waals surface area contributed by atoms with Gasteiger partial charge in [0.25, 0.3) is 0 Å². The van der Waals surface area contributed by atoms with Crippen molar-refractivity contribution >= 4 is 22.6 Å². The van der Waals surface area contributed by atoms with Crippen molar-refractivity contribution in [1.82, 2.24) is 14.8 Å². The van der Waals surface area contributed by atoms with E-state index in [4.69, 9.17) is 5.73 Å². The van der Waals surface area contributed by atoms with Crippen molar-refractivity contribution < 1.29 is 4.79 Å². The lowest BCUT2D eigenvalue weighted by Gasteiger charge is -2.12. The van der Waals surface area contributed by atoms with Crippen molar-refractivity contribution in [1.29, 1.82) is 0 Å². The molecule has 0 spiro atoms. The minimum atomic E-state index is -0.0234. The number of hydrogen-bond acceptors (Lipinski definition) is 4. The fourth-order valence-corrected chi connectivity index (χ4v) is 2.25. The Hall–Kier alpha value is -1.95. The molecule has 0 aliphatic heterocycles. The Bertz CT molecular complexity index is 616. The van der Waals surface area contributed by atoms with Gasteiger partial charge in [-0.1, -0.05) is 13.3 Å². The second-order valence-electron chi connectivity index (χ2n) is 5.58. The average Bonchev–Trinajstić information content (AvgIpc) is 2.87. The smallest absolute Gasteiger partial charge is 0.224 e. The number of hydrogen-bond donors (Lipinski definition) is 2. The lowest BCUT2D eigenvalue weighted by molar-refractivity contribution is -0.117. The van der Waals surface area contributed by atoms with Crippen LogP contribution >= 0.6 is 0 Å². The summed E-state index contributed by atoms with van der Waals surface area (Å²) in [6.45, 7) is 6.68. The van der Waals surface area contributed by atoms with Gasteiger partial charge in [0.2, 0.25) is 5.91 Å². The van der Waals surface area contributed by atoms with Crippen LogP contribution in [-0.4, -0.2) is 27.2 Å². The summed E-state index contributed by atoms with van der Waals surface area (Å²) in [5, 5.41) is 8.12. The summed E-state index contributed by atoms with van der Waals surface area (Å²) < 4.78 is 1.86. The van der Waals surface area contributed by atoms with Crippen LogP contribution in [0.3, 0.4) is 0 Å². The predicted octanol–water partition coefficient (Wildman–Crippen LogP) is 2.33. The number of pyridine rings is 1. The highest BCUT2D eigenvalue weighted by Gasteiger charge is 2.12. The van der Waals surface area contributed by atoms with Gasteiger partial charge in [0.05, 0.1) is 18.1 Å². The van der Waals surface area contributed by atoms with E-state index in [1.807, 2.05) is 17.7 Å². The Morgan fingerprint density at radius 1 is 1.43 bits per heavy atom. The third kappa shape index (κ3) is 3.58. The molecule has 0 aliphatic rings. The highest BCUT2D eigenvalue weighted by atomic mass is 16.1. The quantitative estimate of drug-likeness (QED) is 0.854. The first kappa shape index (κ1) is 15.4. The number of nitrogens with zero attached hydrogens (tertiary/aromatic N) is 3. The molecule has 1 atom stereocenters. The molecule has 2 rings (SSSR count). The summed E-state index contributed by atoms with van der Waals surface area (Å²) in [5.41, 5.74) is 7.15. The molecular weight excluding hydrogens is 266 g/mol.